The van der Waals surface area contributed by atoms with Crippen LogP contribution in [0, 0.1) is 0 Å². The lowest BCUT2D eigenvalue weighted by molar-refractivity contribution is 0.0745. The second-order valence-electron chi connectivity index (χ2n) is 5.00. The fourth-order valence-corrected chi connectivity index (χ4v) is 1.92. The maximum atomic E-state index is 12.5. The summed E-state index contributed by atoms with van der Waals surface area (Å²) in [5, 5.41) is 0. The van der Waals surface area contributed by atoms with Gasteiger partial charge in [-0.05, 0) is 38.2 Å². The van der Waals surface area contributed by atoms with Crippen LogP contribution in [-0.4, -0.2) is 49.4 Å². The number of carbonyl (C=O) groups excluding carboxylic acids is 1. The van der Waals surface area contributed by atoms with Crippen LogP contribution in [0.25, 0.3) is 0 Å². The normalized spacial score (nSPS) is 10.8. The summed E-state index contributed by atoms with van der Waals surface area (Å²) in [7, 11) is 4.04. The first kappa shape index (κ1) is 15.7. The van der Waals surface area contributed by atoms with Gasteiger partial charge in [-0.15, -0.1) is 0 Å². The summed E-state index contributed by atoms with van der Waals surface area (Å²) >= 11 is 0. The molecule has 0 spiro atoms. The van der Waals surface area contributed by atoms with E-state index in [-0.39, 0.29) is 5.91 Å². The molecule has 4 nitrogen and oxygen atoms in total. The first-order chi connectivity index (χ1) is 9.08. The largest absolute Gasteiger partial charge is 0.337 e. The summed E-state index contributed by atoms with van der Waals surface area (Å²) in [6, 6.07) is 7.59. The van der Waals surface area contributed by atoms with Crippen LogP contribution >= 0.6 is 0 Å². The molecule has 1 rings (SSSR count). The molecule has 0 atom stereocenters. The van der Waals surface area contributed by atoms with Gasteiger partial charge in [0.25, 0.3) is 5.91 Å². The van der Waals surface area contributed by atoms with E-state index in [1.54, 1.807) is 0 Å². The summed E-state index contributed by atoms with van der Waals surface area (Å²) in [5.41, 5.74) is 7.35. The van der Waals surface area contributed by atoms with Crippen molar-refractivity contribution in [3.05, 3.63) is 35.4 Å². The van der Waals surface area contributed by atoms with Crippen molar-refractivity contribution >= 4 is 5.91 Å². The third-order valence-electron chi connectivity index (χ3n) is 3.01. The molecule has 0 radical (unpaired) electrons. The number of hydrogen-bond acceptors (Lipinski definition) is 3. The van der Waals surface area contributed by atoms with Gasteiger partial charge in [0.2, 0.25) is 0 Å². The maximum Gasteiger partial charge on any atom is 0.253 e. The zero-order valence-electron chi connectivity index (χ0n) is 12.2. The van der Waals surface area contributed by atoms with Gasteiger partial charge in [-0.1, -0.05) is 19.1 Å². The van der Waals surface area contributed by atoms with Gasteiger partial charge < -0.3 is 15.5 Å². The molecule has 106 valence electrons. The van der Waals surface area contributed by atoms with Crippen molar-refractivity contribution in [2.75, 3.05) is 33.7 Å². The highest BCUT2D eigenvalue weighted by molar-refractivity contribution is 5.94. The number of nitrogens with zero attached hydrogens (tertiary/aromatic N) is 2. The van der Waals surface area contributed by atoms with Gasteiger partial charge in [0.15, 0.2) is 0 Å². The minimum absolute atomic E-state index is 0.0963. The Balaban J connectivity index is 2.79. The molecule has 1 amide bonds. The van der Waals surface area contributed by atoms with Gasteiger partial charge in [-0.2, -0.15) is 0 Å². The van der Waals surface area contributed by atoms with Crippen LogP contribution in [0.2, 0.25) is 0 Å². The topological polar surface area (TPSA) is 49.6 Å². The first-order valence-electron chi connectivity index (χ1n) is 6.81. The lowest BCUT2D eigenvalue weighted by atomic mass is 10.1. The Labute approximate surface area is 116 Å². The molecule has 0 saturated carbocycles. The van der Waals surface area contributed by atoms with E-state index in [1.165, 1.54) is 0 Å². The second kappa shape index (κ2) is 7.92. The van der Waals surface area contributed by atoms with E-state index < -0.39 is 0 Å². The Morgan fingerprint density at radius 2 is 1.95 bits per heavy atom. The zero-order valence-corrected chi connectivity index (χ0v) is 12.2. The summed E-state index contributed by atoms with van der Waals surface area (Å²) in [6.45, 7) is 4.98. The maximum absolute atomic E-state index is 12.5. The van der Waals surface area contributed by atoms with E-state index >= 15 is 0 Å². The Hall–Kier alpha value is -1.39. The summed E-state index contributed by atoms with van der Waals surface area (Å²) in [6.07, 6.45) is 0.968. The molecular weight excluding hydrogens is 238 g/mol. The molecule has 2 N–H and O–H groups in total. The van der Waals surface area contributed by atoms with E-state index in [0.717, 1.165) is 37.2 Å². The predicted molar refractivity (Wildman–Crippen MR) is 79.1 cm³/mol. The third-order valence-corrected chi connectivity index (χ3v) is 3.01. The number of rotatable bonds is 7. The fourth-order valence-electron chi connectivity index (χ4n) is 1.92. The first-order valence-corrected chi connectivity index (χ1v) is 6.81. The highest BCUT2D eigenvalue weighted by atomic mass is 16.2. The van der Waals surface area contributed by atoms with Gasteiger partial charge in [-0.25, -0.2) is 0 Å². The number of benzene rings is 1. The van der Waals surface area contributed by atoms with Gasteiger partial charge in [0.05, 0.1) is 0 Å². The summed E-state index contributed by atoms with van der Waals surface area (Å²) in [5.74, 6) is 0.0963. The molecule has 0 saturated heterocycles. The van der Waals surface area contributed by atoms with Crippen LogP contribution in [0.5, 0.6) is 0 Å². The summed E-state index contributed by atoms with van der Waals surface area (Å²) in [4.78, 5) is 16.5. The third kappa shape index (κ3) is 5.01. The number of likely N-dealkylation sites (N-methyl/N-ethyl adjacent to an activating group) is 1. The van der Waals surface area contributed by atoms with E-state index in [1.807, 2.05) is 43.3 Å². The van der Waals surface area contributed by atoms with Crippen LogP contribution < -0.4 is 5.73 Å². The van der Waals surface area contributed by atoms with Crippen LogP contribution in [0.4, 0.5) is 0 Å². The molecule has 1 aromatic rings. The van der Waals surface area contributed by atoms with Crippen LogP contribution in [-0.2, 0) is 6.54 Å². The average molecular weight is 263 g/mol. The minimum atomic E-state index is 0.0963. The standard InChI is InChI=1S/C15H25N3O/c1-4-8-18(10-9-17(2)3)15(19)14-7-5-6-13(11-14)12-16/h5-7,11H,4,8-10,12,16H2,1-3H3. The number of hydrogen-bond donors (Lipinski definition) is 1. The van der Waals surface area contributed by atoms with Crippen molar-refractivity contribution in [1.82, 2.24) is 9.80 Å². The molecule has 0 heterocycles. The van der Waals surface area contributed by atoms with Crippen molar-refractivity contribution in [1.29, 1.82) is 0 Å². The number of nitrogens with two attached hydrogens (primary N) is 1. The van der Waals surface area contributed by atoms with E-state index in [2.05, 4.69) is 11.8 Å². The Bertz CT molecular complexity index is 404. The van der Waals surface area contributed by atoms with Gasteiger partial charge in [0.1, 0.15) is 0 Å². The Morgan fingerprint density at radius 3 is 2.53 bits per heavy atom. The molecule has 4 heteroatoms. The monoisotopic (exact) mass is 263 g/mol. The van der Waals surface area contributed by atoms with Crippen LogP contribution in [0.1, 0.15) is 29.3 Å². The lowest BCUT2D eigenvalue weighted by Gasteiger charge is -2.24. The molecular formula is C15H25N3O. The van der Waals surface area contributed by atoms with Gasteiger partial charge in [-0.3, -0.25) is 4.79 Å². The van der Waals surface area contributed by atoms with Gasteiger partial charge >= 0.3 is 0 Å². The molecule has 0 aliphatic carbocycles. The van der Waals surface area contributed by atoms with Crippen molar-refractivity contribution in [2.45, 2.75) is 19.9 Å². The van der Waals surface area contributed by atoms with Crippen LogP contribution in [0.15, 0.2) is 24.3 Å². The van der Waals surface area contributed by atoms with E-state index in [4.69, 9.17) is 5.73 Å². The minimum Gasteiger partial charge on any atom is -0.337 e. The van der Waals surface area contributed by atoms with Crippen molar-refractivity contribution in [3.63, 3.8) is 0 Å². The van der Waals surface area contributed by atoms with Gasteiger partial charge in [0, 0.05) is 31.7 Å². The highest BCUT2D eigenvalue weighted by Gasteiger charge is 2.15. The smallest absolute Gasteiger partial charge is 0.253 e. The summed E-state index contributed by atoms with van der Waals surface area (Å²) < 4.78 is 0. The molecule has 0 fully saturated rings. The molecule has 0 unspecified atom stereocenters. The molecule has 1 aromatic carbocycles. The highest BCUT2D eigenvalue weighted by Crippen LogP contribution is 2.09. The Kier molecular flexibility index (Phi) is 6.53. The van der Waals surface area contributed by atoms with Crippen molar-refractivity contribution in [3.8, 4) is 0 Å². The van der Waals surface area contributed by atoms with Crippen molar-refractivity contribution < 1.29 is 4.79 Å². The molecule has 0 aromatic heterocycles. The molecule has 0 aliphatic rings. The predicted octanol–water partition coefficient (Wildman–Crippen LogP) is 1.56. The average Bonchev–Trinajstić information content (AvgIpc) is 2.42. The fraction of sp³-hybridized carbons (Fsp3) is 0.533. The molecule has 0 bridgehead atoms. The SMILES string of the molecule is CCCN(CCN(C)C)C(=O)c1cccc(CN)c1. The molecule has 0 aliphatic heterocycles. The van der Waals surface area contributed by atoms with Crippen LogP contribution in [0.3, 0.4) is 0 Å². The van der Waals surface area contributed by atoms with E-state index in [0.29, 0.717) is 6.54 Å². The second-order valence-corrected chi connectivity index (χ2v) is 5.00. The lowest BCUT2D eigenvalue weighted by Crippen LogP contribution is -2.37. The zero-order chi connectivity index (χ0) is 14.3. The van der Waals surface area contributed by atoms with E-state index in [9.17, 15) is 4.79 Å². The Morgan fingerprint density at radius 1 is 1.21 bits per heavy atom. The van der Waals surface area contributed by atoms with Crippen molar-refractivity contribution in [2.24, 2.45) is 5.73 Å². The quantitative estimate of drug-likeness (QED) is 0.812. The number of amides is 1. The number of carbonyl (C=O) groups is 1. The molecule has 19 heavy (non-hydrogen) atoms.